The van der Waals surface area contributed by atoms with Crippen LogP contribution in [0.25, 0.3) is 0 Å². The summed E-state index contributed by atoms with van der Waals surface area (Å²) in [5.41, 5.74) is 2.41. The zero-order valence-electron chi connectivity index (χ0n) is 12.0. The number of nitrogens with zero attached hydrogens (tertiary/aromatic N) is 2. The fraction of sp³-hybridized carbons (Fsp3) is 0.533. The second-order valence-corrected chi connectivity index (χ2v) is 4.67. The van der Waals surface area contributed by atoms with Gasteiger partial charge in [0.2, 0.25) is 0 Å². The molecule has 0 aliphatic carbocycles. The first-order valence-electron chi connectivity index (χ1n) is 6.67. The Kier molecular flexibility index (Phi) is 5.86. The number of likely N-dealkylation sites (N-methyl/N-ethyl adjacent to an activating group) is 1. The molecule has 3 nitrogen and oxygen atoms in total. The Morgan fingerprint density at radius 2 is 2.22 bits per heavy atom. The lowest BCUT2D eigenvalue weighted by molar-refractivity contribution is 0.594. The molecule has 100 valence electrons. The summed E-state index contributed by atoms with van der Waals surface area (Å²) in [7, 11) is 0. The highest BCUT2D eigenvalue weighted by atomic mass is 15.2. The quantitative estimate of drug-likeness (QED) is 0.750. The zero-order chi connectivity index (χ0) is 13.5. The molecule has 0 amide bonds. The van der Waals surface area contributed by atoms with Gasteiger partial charge in [0.1, 0.15) is 5.82 Å². The van der Waals surface area contributed by atoms with Crippen LogP contribution in [0.15, 0.2) is 30.5 Å². The van der Waals surface area contributed by atoms with Crippen LogP contribution >= 0.6 is 0 Å². The first-order valence-corrected chi connectivity index (χ1v) is 6.67. The topological polar surface area (TPSA) is 28.2 Å². The molecular weight excluding hydrogens is 222 g/mol. The molecule has 1 atom stereocenters. The largest absolute Gasteiger partial charge is 0.353 e. The molecule has 1 unspecified atom stereocenters. The van der Waals surface area contributed by atoms with Crippen LogP contribution in [0.3, 0.4) is 0 Å². The van der Waals surface area contributed by atoms with Crippen LogP contribution in [0, 0.1) is 0 Å². The molecule has 0 bridgehead atoms. The number of pyridine rings is 1. The van der Waals surface area contributed by atoms with E-state index in [0.29, 0.717) is 6.04 Å². The van der Waals surface area contributed by atoms with Gasteiger partial charge in [0.15, 0.2) is 0 Å². The lowest BCUT2D eigenvalue weighted by Gasteiger charge is -2.26. The average molecular weight is 247 g/mol. The van der Waals surface area contributed by atoms with Gasteiger partial charge in [-0.15, -0.1) is 0 Å². The first-order chi connectivity index (χ1) is 8.60. The van der Waals surface area contributed by atoms with Crippen molar-refractivity contribution in [2.24, 2.45) is 0 Å². The molecule has 3 heteroatoms. The van der Waals surface area contributed by atoms with Gasteiger partial charge < -0.3 is 10.2 Å². The molecule has 0 spiro atoms. The minimum absolute atomic E-state index is 0.317. The van der Waals surface area contributed by atoms with Gasteiger partial charge in [0.05, 0.1) is 0 Å². The summed E-state index contributed by atoms with van der Waals surface area (Å²) in [6.45, 7) is 15.3. The van der Waals surface area contributed by atoms with Crippen molar-refractivity contribution in [3.8, 4) is 0 Å². The molecule has 0 radical (unpaired) electrons. The number of nitrogens with one attached hydrogen (secondary N) is 1. The van der Waals surface area contributed by atoms with Crippen molar-refractivity contribution in [1.29, 1.82) is 0 Å². The molecule has 1 rings (SSSR count). The number of anilines is 1. The summed E-state index contributed by atoms with van der Waals surface area (Å²) in [6.07, 6.45) is 1.86. The molecule has 0 aliphatic heterocycles. The number of aromatic nitrogens is 1. The van der Waals surface area contributed by atoms with E-state index in [2.05, 4.69) is 55.5 Å². The van der Waals surface area contributed by atoms with Crippen molar-refractivity contribution in [3.63, 3.8) is 0 Å². The Morgan fingerprint density at radius 3 is 2.78 bits per heavy atom. The maximum atomic E-state index is 4.55. The summed E-state index contributed by atoms with van der Waals surface area (Å²) in [5, 5.41) is 3.45. The highest BCUT2D eigenvalue weighted by molar-refractivity contribution is 5.49. The Morgan fingerprint density at radius 1 is 1.50 bits per heavy atom. The van der Waals surface area contributed by atoms with Gasteiger partial charge in [0, 0.05) is 30.9 Å². The normalized spacial score (nSPS) is 12.2. The Balaban J connectivity index is 3.02. The molecular formula is C15H25N3. The Bertz CT molecular complexity index is 387. The van der Waals surface area contributed by atoms with Gasteiger partial charge in [-0.3, -0.25) is 0 Å². The van der Waals surface area contributed by atoms with E-state index in [9.17, 15) is 0 Å². The lowest BCUT2D eigenvalue weighted by Crippen LogP contribution is -2.28. The molecule has 1 aromatic rings. The van der Waals surface area contributed by atoms with Crippen LogP contribution in [0.2, 0.25) is 0 Å². The molecule has 1 heterocycles. The molecule has 1 aromatic heterocycles. The van der Waals surface area contributed by atoms with E-state index >= 15 is 0 Å². The van der Waals surface area contributed by atoms with Crippen molar-refractivity contribution in [2.75, 3.05) is 24.5 Å². The lowest BCUT2D eigenvalue weighted by atomic mass is 10.1. The predicted molar refractivity (Wildman–Crippen MR) is 79.0 cm³/mol. The molecule has 0 saturated heterocycles. The molecule has 18 heavy (non-hydrogen) atoms. The van der Waals surface area contributed by atoms with Crippen molar-refractivity contribution in [2.45, 2.75) is 33.7 Å². The van der Waals surface area contributed by atoms with Crippen molar-refractivity contribution >= 4 is 5.82 Å². The van der Waals surface area contributed by atoms with E-state index in [4.69, 9.17) is 0 Å². The van der Waals surface area contributed by atoms with Gasteiger partial charge in [-0.25, -0.2) is 4.98 Å². The van der Waals surface area contributed by atoms with E-state index in [1.807, 2.05) is 12.3 Å². The van der Waals surface area contributed by atoms with Gasteiger partial charge in [-0.1, -0.05) is 25.1 Å². The van der Waals surface area contributed by atoms with Crippen LogP contribution in [-0.2, 0) is 0 Å². The minimum Gasteiger partial charge on any atom is -0.353 e. The first kappa shape index (κ1) is 14.7. The minimum atomic E-state index is 0.317. The Hall–Kier alpha value is -1.35. The van der Waals surface area contributed by atoms with E-state index in [-0.39, 0.29) is 0 Å². The molecule has 0 aromatic carbocycles. The summed E-state index contributed by atoms with van der Waals surface area (Å²) < 4.78 is 0. The molecule has 0 saturated carbocycles. The van der Waals surface area contributed by atoms with Gasteiger partial charge in [-0.2, -0.15) is 0 Å². The third-order valence-electron chi connectivity index (χ3n) is 2.94. The van der Waals surface area contributed by atoms with Crippen LogP contribution in [-0.4, -0.2) is 24.6 Å². The third kappa shape index (κ3) is 3.84. The molecule has 0 aliphatic rings. The van der Waals surface area contributed by atoms with E-state index in [1.54, 1.807) is 0 Å². The van der Waals surface area contributed by atoms with Crippen LogP contribution in [0.5, 0.6) is 0 Å². The standard InChI is InChI=1S/C15H25N3/c1-6-16-13(5)14-9-8-10-17-15(14)18(7-2)11-12(3)4/h8-10,13,16H,3,6-7,11H2,1-2,4-5H3. The molecule has 0 fully saturated rings. The van der Waals surface area contributed by atoms with Gasteiger partial charge in [0.25, 0.3) is 0 Å². The zero-order valence-corrected chi connectivity index (χ0v) is 12.0. The maximum Gasteiger partial charge on any atom is 0.133 e. The number of hydrogen-bond acceptors (Lipinski definition) is 3. The maximum absolute atomic E-state index is 4.55. The smallest absolute Gasteiger partial charge is 0.133 e. The van der Waals surface area contributed by atoms with Gasteiger partial charge in [-0.05, 0) is 33.4 Å². The fourth-order valence-corrected chi connectivity index (χ4v) is 2.09. The summed E-state index contributed by atoms with van der Waals surface area (Å²) in [5.74, 6) is 1.07. The van der Waals surface area contributed by atoms with E-state index in [1.165, 1.54) is 5.56 Å². The van der Waals surface area contributed by atoms with Crippen LogP contribution in [0.4, 0.5) is 5.82 Å². The second kappa shape index (κ2) is 7.17. The van der Waals surface area contributed by atoms with Crippen LogP contribution in [0.1, 0.15) is 39.3 Å². The van der Waals surface area contributed by atoms with Crippen LogP contribution < -0.4 is 10.2 Å². The predicted octanol–water partition coefficient (Wildman–Crippen LogP) is 3.15. The summed E-state index contributed by atoms with van der Waals surface area (Å²) >= 11 is 0. The monoisotopic (exact) mass is 247 g/mol. The average Bonchev–Trinajstić information content (AvgIpc) is 2.36. The highest BCUT2D eigenvalue weighted by Gasteiger charge is 2.15. The second-order valence-electron chi connectivity index (χ2n) is 4.67. The van der Waals surface area contributed by atoms with E-state index < -0.39 is 0 Å². The Labute approximate surface area is 111 Å². The number of rotatable bonds is 7. The summed E-state index contributed by atoms with van der Waals surface area (Å²) in [6, 6.07) is 4.47. The third-order valence-corrected chi connectivity index (χ3v) is 2.94. The van der Waals surface area contributed by atoms with Crippen molar-refractivity contribution in [1.82, 2.24) is 10.3 Å². The molecule has 1 N–H and O–H groups in total. The van der Waals surface area contributed by atoms with Gasteiger partial charge >= 0.3 is 0 Å². The number of hydrogen-bond donors (Lipinski definition) is 1. The fourth-order valence-electron chi connectivity index (χ4n) is 2.09. The van der Waals surface area contributed by atoms with Crippen molar-refractivity contribution in [3.05, 3.63) is 36.0 Å². The SMILES string of the molecule is C=C(C)CN(CC)c1ncccc1C(C)NCC. The highest BCUT2D eigenvalue weighted by Crippen LogP contribution is 2.24. The van der Waals surface area contributed by atoms with Crippen molar-refractivity contribution < 1.29 is 0 Å². The summed E-state index contributed by atoms with van der Waals surface area (Å²) in [4.78, 5) is 6.82. The van der Waals surface area contributed by atoms with E-state index in [0.717, 1.165) is 31.0 Å².